The Morgan fingerprint density at radius 3 is 2.76 bits per heavy atom. The van der Waals surface area contributed by atoms with Gasteiger partial charge in [0.1, 0.15) is 5.75 Å². The Labute approximate surface area is 132 Å². The lowest BCUT2D eigenvalue weighted by Crippen LogP contribution is -2.27. The van der Waals surface area contributed by atoms with Crippen LogP contribution in [0.1, 0.15) is 28.9 Å². The molecule has 5 heteroatoms. The normalized spacial score (nSPS) is 11.8. The SMILES string of the molecule is COc1cccc([C@@H](C)NC(=O)c2cc(N)ccc2Br)c1. The first-order valence-electron chi connectivity index (χ1n) is 6.51. The molecule has 1 amide bonds. The molecule has 0 aliphatic carbocycles. The molecule has 3 N–H and O–H groups in total. The topological polar surface area (TPSA) is 64.3 Å². The zero-order valence-electron chi connectivity index (χ0n) is 11.9. The lowest BCUT2D eigenvalue weighted by molar-refractivity contribution is 0.0939. The molecule has 0 bridgehead atoms. The number of benzene rings is 2. The van der Waals surface area contributed by atoms with E-state index in [9.17, 15) is 4.79 Å². The summed E-state index contributed by atoms with van der Waals surface area (Å²) < 4.78 is 5.91. The molecule has 110 valence electrons. The first-order chi connectivity index (χ1) is 10.0. The highest BCUT2D eigenvalue weighted by atomic mass is 79.9. The summed E-state index contributed by atoms with van der Waals surface area (Å²) in [6, 6.07) is 12.6. The molecular formula is C16H17BrN2O2. The van der Waals surface area contributed by atoms with Gasteiger partial charge in [0.05, 0.1) is 18.7 Å². The summed E-state index contributed by atoms with van der Waals surface area (Å²) in [6.07, 6.45) is 0. The summed E-state index contributed by atoms with van der Waals surface area (Å²) in [7, 11) is 1.62. The minimum absolute atomic E-state index is 0.138. The van der Waals surface area contributed by atoms with Crippen molar-refractivity contribution in [2.45, 2.75) is 13.0 Å². The van der Waals surface area contributed by atoms with Crippen molar-refractivity contribution >= 4 is 27.5 Å². The van der Waals surface area contributed by atoms with E-state index < -0.39 is 0 Å². The minimum atomic E-state index is -0.176. The molecule has 0 aliphatic heterocycles. The van der Waals surface area contributed by atoms with Crippen LogP contribution in [0.5, 0.6) is 5.75 Å². The Balaban J connectivity index is 2.16. The maximum absolute atomic E-state index is 12.3. The molecule has 21 heavy (non-hydrogen) atoms. The maximum atomic E-state index is 12.3. The van der Waals surface area contributed by atoms with Gasteiger partial charge in [-0.15, -0.1) is 0 Å². The van der Waals surface area contributed by atoms with Crippen molar-refractivity contribution in [3.8, 4) is 5.75 Å². The van der Waals surface area contributed by atoms with E-state index >= 15 is 0 Å². The number of nitrogens with one attached hydrogen (secondary N) is 1. The van der Waals surface area contributed by atoms with Gasteiger partial charge in [-0.1, -0.05) is 12.1 Å². The van der Waals surface area contributed by atoms with Gasteiger partial charge in [0.15, 0.2) is 0 Å². The van der Waals surface area contributed by atoms with Gasteiger partial charge in [0, 0.05) is 10.2 Å². The number of amides is 1. The molecule has 0 aromatic heterocycles. The van der Waals surface area contributed by atoms with E-state index in [0.717, 1.165) is 11.3 Å². The molecule has 0 heterocycles. The summed E-state index contributed by atoms with van der Waals surface area (Å²) in [4.78, 5) is 12.3. The van der Waals surface area contributed by atoms with Crippen LogP contribution in [0.15, 0.2) is 46.9 Å². The molecule has 4 nitrogen and oxygen atoms in total. The predicted octanol–water partition coefficient (Wildman–Crippen LogP) is 3.53. The molecule has 2 rings (SSSR count). The molecule has 1 atom stereocenters. The highest BCUT2D eigenvalue weighted by Crippen LogP contribution is 2.22. The van der Waals surface area contributed by atoms with Crippen LogP contribution in [0.3, 0.4) is 0 Å². The number of carbonyl (C=O) groups is 1. The van der Waals surface area contributed by atoms with E-state index in [1.54, 1.807) is 25.3 Å². The Morgan fingerprint density at radius 2 is 2.05 bits per heavy atom. The standard InChI is InChI=1S/C16H17BrN2O2/c1-10(11-4-3-5-13(8-11)21-2)19-16(20)14-9-12(18)6-7-15(14)17/h3-10H,18H2,1-2H3,(H,19,20)/t10-/m1/s1. The largest absolute Gasteiger partial charge is 0.497 e. The van der Waals surface area contributed by atoms with Crippen LogP contribution in [0.2, 0.25) is 0 Å². The van der Waals surface area contributed by atoms with Crippen LogP contribution in [-0.2, 0) is 0 Å². The van der Waals surface area contributed by atoms with E-state index in [2.05, 4.69) is 21.2 Å². The van der Waals surface area contributed by atoms with E-state index in [1.807, 2.05) is 31.2 Å². The summed E-state index contributed by atoms with van der Waals surface area (Å²) in [5.74, 6) is 0.586. The molecule has 0 saturated carbocycles. The number of hydrogen-bond donors (Lipinski definition) is 2. The molecule has 0 aliphatic rings. The van der Waals surface area contributed by atoms with Gasteiger partial charge in [0.25, 0.3) is 5.91 Å². The number of ether oxygens (including phenoxy) is 1. The lowest BCUT2D eigenvalue weighted by atomic mass is 10.1. The zero-order chi connectivity index (χ0) is 15.4. The van der Waals surface area contributed by atoms with Crippen molar-refractivity contribution in [3.05, 3.63) is 58.1 Å². The van der Waals surface area contributed by atoms with Crippen LogP contribution < -0.4 is 15.8 Å². The molecule has 0 spiro atoms. The molecule has 2 aromatic rings. The number of rotatable bonds is 4. The van der Waals surface area contributed by atoms with Gasteiger partial charge in [-0.25, -0.2) is 0 Å². The highest BCUT2D eigenvalue weighted by Gasteiger charge is 2.14. The van der Waals surface area contributed by atoms with Crippen LogP contribution in [0.25, 0.3) is 0 Å². The fraction of sp³-hybridized carbons (Fsp3) is 0.188. The minimum Gasteiger partial charge on any atom is -0.497 e. The van der Waals surface area contributed by atoms with Crippen LogP contribution in [0, 0.1) is 0 Å². The molecule has 2 aromatic carbocycles. The predicted molar refractivity (Wildman–Crippen MR) is 87.4 cm³/mol. The second-order valence-electron chi connectivity index (χ2n) is 4.71. The van der Waals surface area contributed by atoms with Crippen molar-refractivity contribution in [1.29, 1.82) is 0 Å². The highest BCUT2D eigenvalue weighted by molar-refractivity contribution is 9.10. The van der Waals surface area contributed by atoms with Crippen LogP contribution in [-0.4, -0.2) is 13.0 Å². The average Bonchev–Trinajstić information content (AvgIpc) is 2.49. The summed E-state index contributed by atoms with van der Waals surface area (Å²) in [6.45, 7) is 1.92. The quantitative estimate of drug-likeness (QED) is 0.830. The van der Waals surface area contributed by atoms with Gasteiger partial charge in [-0.3, -0.25) is 4.79 Å². The Morgan fingerprint density at radius 1 is 1.29 bits per heavy atom. The number of halogens is 1. The summed E-state index contributed by atoms with van der Waals surface area (Å²) in [5, 5.41) is 2.95. The Kier molecular flexibility index (Phi) is 4.85. The maximum Gasteiger partial charge on any atom is 0.252 e. The number of nitrogens with two attached hydrogens (primary N) is 1. The second kappa shape index (κ2) is 6.63. The zero-order valence-corrected chi connectivity index (χ0v) is 13.5. The fourth-order valence-corrected chi connectivity index (χ4v) is 2.41. The smallest absolute Gasteiger partial charge is 0.252 e. The lowest BCUT2D eigenvalue weighted by Gasteiger charge is -2.16. The molecular weight excluding hydrogens is 332 g/mol. The van der Waals surface area contributed by atoms with Gasteiger partial charge >= 0.3 is 0 Å². The van der Waals surface area contributed by atoms with Crippen molar-refractivity contribution in [2.24, 2.45) is 0 Å². The third-order valence-electron chi connectivity index (χ3n) is 3.18. The third-order valence-corrected chi connectivity index (χ3v) is 3.87. The molecule has 0 fully saturated rings. The molecule has 0 unspecified atom stereocenters. The van der Waals surface area contributed by atoms with Crippen molar-refractivity contribution in [3.63, 3.8) is 0 Å². The van der Waals surface area contributed by atoms with Gasteiger partial charge in [0.2, 0.25) is 0 Å². The summed E-state index contributed by atoms with van der Waals surface area (Å²) >= 11 is 3.36. The number of nitrogen functional groups attached to an aromatic ring is 1. The van der Waals surface area contributed by atoms with Gasteiger partial charge in [-0.2, -0.15) is 0 Å². The number of carbonyl (C=O) groups excluding carboxylic acids is 1. The van der Waals surface area contributed by atoms with Crippen molar-refractivity contribution in [1.82, 2.24) is 5.32 Å². The first kappa shape index (κ1) is 15.4. The first-order valence-corrected chi connectivity index (χ1v) is 7.30. The van der Waals surface area contributed by atoms with E-state index in [-0.39, 0.29) is 11.9 Å². The number of hydrogen-bond acceptors (Lipinski definition) is 3. The van der Waals surface area contributed by atoms with Crippen molar-refractivity contribution in [2.75, 3.05) is 12.8 Å². The second-order valence-corrected chi connectivity index (χ2v) is 5.57. The Hall–Kier alpha value is -2.01. The number of anilines is 1. The monoisotopic (exact) mass is 348 g/mol. The van der Waals surface area contributed by atoms with Gasteiger partial charge in [-0.05, 0) is 58.7 Å². The average molecular weight is 349 g/mol. The van der Waals surface area contributed by atoms with Crippen LogP contribution in [0.4, 0.5) is 5.69 Å². The molecule has 0 saturated heterocycles. The fourth-order valence-electron chi connectivity index (χ4n) is 1.99. The van der Waals surface area contributed by atoms with Crippen LogP contribution >= 0.6 is 15.9 Å². The van der Waals surface area contributed by atoms with Gasteiger partial charge < -0.3 is 15.8 Å². The Bertz CT molecular complexity index is 658. The van der Waals surface area contributed by atoms with E-state index in [0.29, 0.717) is 15.7 Å². The molecule has 0 radical (unpaired) electrons. The third kappa shape index (κ3) is 3.76. The van der Waals surface area contributed by atoms with Crippen molar-refractivity contribution < 1.29 is 9.53 Å². The summed E-state index contributed by atoms with van der Waals surface area (Å²) in [5.41, 5.74) is 7.77. The van der Waals surface area contributed by atoms with E-state index in [4.69, 9.17) is 10.5 Å². The van der Waals surface area contributed by atoms with E-state index in [1.165, 1.54) is 0 Å². The number of methoxy groups -OCH3 is 1.